The standard InChI is InChI=1S/C25H33N3O/c1-2-3-4-5-6-7-8-9-10-11-17-28-25(29)22-16-19-27-24-21(22)15-14-20-13-12-18-26-23(20)24/h12-16,18-19H,2-11,17H2,1H3,(H,28,29). The van der Waals surface area contributed by atoms with Crippen molar-refractivity contribution in [2.24, 2.45) is 0 Å². The van der Waals surface area contributed by atoms with E-state index < -0.39 is 0 Å². The summed E-state index contributed by atoms with van der Waals surface area (Å²) in [6, 6.07) is 9.71. The van der Waals surface area contributed by atoms with E-state index in [0.717, 1.165) is 34.8 Å². The van der Waals surface area contributed by atoms with Gasteiger partial charge in [0.15, 0.2) is 0 Å². The smallest absolute Gasteiger partial charge is 0.252 e. The van der Waals surface area contributed by atoms with Crippen molar-refractivity contribution < 1.29 is 4.79 Å². The fourth-order valence-electron chi connectivity index (χ4n) is 3.86. The molecule has 4 heteroatoms. The highest BCUT2D eigenvalue weighted by atomic mass is 16.1. The minimum Gasteiger partial charge on any atom is -0.352 e. The highest BCUT2D eigenvalue weighted by Gasteiger charge is 2.12. The van der Waals surface area contributed by atoms with Crippen LogP contribution < -0.4 is 5.32 Å². The first-order valence-corrected chi connectivity index (χ1v) is 11.2. The number of fused-ring (bicyclic) bond motifs is 3. The minimum atomic E-state index is -0.0244. The maximum Gasteiger partial charge on any atom is 0.252 e. The average molecular weight is 392 g/mol. The van der Waals surface area contributed by atoms with Crippen LogP contribution in [0, 0.1) is 0 Å². The number of unbranched alkanes of at least 4 members (excludes halogenated alkanes) is 9. The Morgan fingerprint density at radius 3 is 2.24 bits per heavy atom. The summed E-state index contributed by atoms with van der Waals surface area (Å²) in [5, 5.41) is 4.98. The molecule has 0 saturated heterocycles. The second kappa shape index (κ2) is 11.5. The van der Waals surface area contributed by atoms with Gasteiger partial charge >= 0.3 is 0 Å². The molecule has 0 radical (unpaired) electrons. The molecule has 0 aliphatic rings. The lowest BCUT2D eigenvalue weighted by Gasteiger charge is -2.09. The number of rotatable bonds is 12. The normalized spacial score (nSPS) is 11.2. The molecule has 0 aliphatic heterocycles. The molecular formula is C25H33N3O. The number of benzene rings is 1. The topological polar surface area (TPSA) is 54.9 Å². The van der Waals surface area contributed by atoms with E-state index in [1.807, 2.05) is 24.3 Å². The highest BCUT2D eigenvalue weighted by molar-refractivity contribution is 6.12. The van der Waals surface area contributed by atoms with Gasteiger partial charge in [0.1, 0.15) is 0 Å². The molecule has 0 unspecified atom stereocenters. The van der Waals surface area contributed by atoms with Gasteiger partial charge in [-0.05, 0) is 18.6 Å². The third-order valence-corrected chi connectivity index (χ3v) is 5.54. The van der Waals surface area contributed by atoms with Crippen LogP contribution in [0.5, 0.6) is 0 Å². The molecule has 0 atom stereocenters. The Morgan fingerprint density at radius 1 is 0.793 bits per heavy atom. The van der Waals surface area contributed by atoms with E-state index in [1.165, 1.54) is 57.8 Å². The summed E-state index contributed by atoms with van der Waals surface area (Å²) in [7, 11) is 0. The first kappa shape index (κ1) is 21.2. The van der Waals surface area contributed by atoms with E-state index in [0.29, 0.717) is 5.56 Å². The molecule has 1 amide bonds. The van der Waals surface area contributed by atoms with Crippen LogP contribution in [0.25, 0.3) is 21.8 Å². The number of carbonyl (C=O) groups is 1. The summed E-state index contributed by atoms with van der Waals surface area (Å²) in [4.78, 5) is 21.6. The van der Waals surface area contributed by atoms with E-state index in [1.54, 1.807) is 18.5 Å². The maximum atomic E-state index is 12.7. The van der Waals surface area contributed by atoms with E-state index >= 15 is 0 Å². The van der Waals surface area contributed by atoms with Crippen LogP contribution in [-0.2, 0) is 0 Å². The number of hydrogen-bond donors (Lipinski definition) is 1. The molecule has 0 bridgehead atoms. The molecule has 0 fully saturated rings. The predicted octanol–water partition coefficient (Wildman–Crippen LogP) is 6.43. The van der Waals surface area contributed by atoms with Crippen molar-refractivity contribution in [3.63, 3.8) is 0 Å². The fourth-order valence-corrected chi connectivity index (χ4v) is 3.86. The van der Waals surface area contributed by atoms with E-state index in [9.17, 15) is 4.79 Å². The van der Waals surface area contributed by atoms with Crippen molar-refractivity contribution in [2.75, 3.05) is 6.54 Å². The van der Waals surface area contributed by atoms with Gasteiger partial charge in [0.05, 0.1) is 16.6 Å². The molecule has 1 aromatic carbocycles. The van der Waals surface area contributed by atoms with Crippen LogP contribution in [0.15, 0.2) is 42.7 Å². The maximum absolute atomic E-state index is 12.7. The Hall–Kier alpha value is -2.49. The lowest BCUT2D eigenvalue weighted by Crippen LogP contribution is -2.24. The van der Waals surface area contributed by atoms with Gasteiger partial charge in [-0.3, -0.25) is 14.8 Å². The molecular weight excluding hydrogens is 358 g/mol. The zero-order valence-electron chi connectivity index (χ0n) is 17.6. The van der Waals surface area contributed by atoms with Crippen molar-refractivity contribution >= 4 is 27.7 Å². The van der Waals surface area contributed by atoms with Crippen LogP contribution in [0.2, 0.25) is 0 Å². The Kier molecular flexibility index (Phi) is 8.41. The molecule has 0 spiro atoms. The quantitative estimate of drug-likeness (QED) is 0.286. The number of aromatic nitrogens is 2. The molecule has 2 aromatic heterocycles. The van der Waals surface area contributed by atoms with Crippen molar-refractivity contribution in [3.8, 4) is 0 Å². The summed E-state index contributed by atoms with van der Waals surface area (Å²) in [6.45, 7) is 2.99. The third-order valence-electron chi connectivity index (χ3n) is 5.54. The summed E-state index contributed by atoms with van der Waals surface area (Å²) >= 11 is 0. The summed E-state index contributed by atoms with van der Waals surface area (Å²) < 4.78 is 0. The van der Waals surface area contributed by atoms with Gasteiger partial charge in [-0.1, -0.05) is 82.9 Å². The Balaban J connectivity index is 1.43. The first-order valence-electron chi connectivity index (χ1n) is 11.2. The highest BCUT2D eigenvalue weighted by Crippen LogP contribution is 2.24. The third kappa shape index (κ3) is 5.99. The number of pyridine rings is 2. The van der Waals surface area contributed by atoms with Crippen LogP contribution in [0.3, 0.4) is 0 Å². The Labute approximate surface area is 174 Å². The molecule has 1 N–H and O–H groups in total. The Morgan fingerprint density at radius 2 is 1.48 bits per heavy atom. The number of carbonyl (C=O) groups excluding carboxylic acids is 1. The summed E-state index contributed by atoms with van der Waals surface area (Å²) in [5.41, 5.74) is 2.30. The van der Waals surface area contributed by atoms with Gasteiger partial charge in [-0.2, -0.15) is 0 Å². The molecule has 154 valence electrons. The van der Waals surface area contributed by atoms with Crippen LogP contribution in [0.4, 0.5) is 0 Å². The van der Waals surface area contributed by atoms with Crippen molar-refractivity contribution in [3.05, 3.63) is 48.3 Å². The molecule has 0 aliphatic carbocycles. The summed E-state index contributed by atoms with van der Waals surface area (Å²) in [5.74, 6) is -0.0244. The fraction of sp³-hybridized carbons (Fsp3) is 0.480. The van der Waals surface area contributed by atoms with Crippen LogP contribution >= 0.6 is 0 Å². The first-order chi connectivity index (χ1) is 14.3. The van der Waals surface area contributed by atoms with Gasteiger partial charge in [0.2, 0.25) is 0 Å². The lowest BCUT2D eigenvalue weighted by atomic mass is 10.1. The SMILES string of the molecule is CCCCCCCCCCCCNC(=O)c1ccnc2c1ccc1cccnc12. The van der Waals surface area contributed by atoms with E-state index in [4.69, 9.17) is 0 Å². The second-order valence-corrected chi connectivity index (χ2v) is 7.83. The number of nitrogens with zero attached hydrogens (tertiary/aromatic N) is 2. The zero-order chi connectivity index (χ0) is 20.3. The molecule has 3 rings (SSSR count). The predicted molar refractivity (Wildman–Crippen MR) is 121 cm³/mol. The van der Waals surface area contributed by atoms with Gasteiger partial charge in [0.25, 0.3) is 5.91 Å². The van der Waals surface area contributed by atoms with Crippen molar-refractivity contribution in [1.29, 1.82) is 0 Å². The second-order valence-electron chi connectivity index (χ2n) is 7.83. The minimum absolute atomic E-state index is 0.0244. The summed E-state index contributed by atoms with van der Waals surface area (Å²) in [6.07, 6.45) is 16.4. The van der Waals surface area contributed by atoms with Gasteiger partial charge in [-0.25, -0.2) is 0 Å². The molecule has 29 heavy (non-hydrogen) atoms. The number of nitrogens with one attached hydrogen (secondary N) is 1. The molecule has 4 nitrogen and oxygen atoms in total. The van der Waals surface area contributed by atoms with Crippen LogP contribution in [-0.4, -0.2) is 22.4 Å². The largest absolute Gasteiger partial charge is 0.352 e. The van der Waals surface area contributed by atoms with Crippen LogP contribution in [0.1, 0.15) is 81.5 Å². The van der Waals surface area contributed by atoms with Gasteiger partial charge < -0.3 is 5.32 Å². The van der Waals surface area contributed by atoms with E-state index in [2.05, 4.69) is 22.2 Å². The van der Waals surface area contributed by atoms with Gasteiger partial charge in [-0.15, -0.1) is 0 Å². The zero-order valence-corrected chi connectivity index (χ0v) is 17.6. The van der Waals surface area contributed by atoms with Gasteiger partial charge in [0, 0.05) is 29.7 Å². The average Bonchev–Trinajstić information content (AvgIpc) is 2.76. The molecule has 2 heterocycles. The van der Waals surface area contributed by atoms with Crippen molar-refractivity contribution in [2.45, 2.75) is 71.1 Å². The molecule has 0 saturated carbocycles. The van der Waals surface area contributed by atoms with Crippen molar-refractivity contribution in [1.82, 2.24) is 15.3 Å². The molecule has 3 aromatic rings. The van der Waals surface area contributed by atoms with E-state index in [-0.39, 0.29) is 5.91 Å². The number of amides is 1. The number of hydrogen-bond acceptors (Lipinski definition) is 3. The lowest BCUT2D eigenvalue weighted by molar-refractivity contribution is 0.0954. The monoisotopic (exact) mass is 391 g/mol. The Bertz CT molecular complexity index is 922.